The normalized spacial score (nSPS) is 17.8. The van der Waals surface area contributed by atoms with Crippen molar-refractivity contribution in [2.45, 2.75) is 50.4 Å². The largest absolute Gasteiger partial charge is 0.491 e. The molecule has 1 N–H and O–H groups in total. The third kappa shape index (κ3) is 4.96. The Balaban J connectivity index is 1.10. The molecule has 2 aliphatic carbocycles. The summed E-state index contributed by atoms with van der Waals surface area (Å²) < 4.78 is 23.7. The maximum absolute atomic E-state index is 13.9. The van der Waals surface area contributed by atoms with Gasteiger partial charge in [-0.15, -0.1) is 0 Å². The summed E-state index contributed by atoms with van der Waals surface area (Å²) in [5, 5.41) is 7.64. The van der Waals surface area contributed by atoms with Crippen LogP contribution in [0, 0.1) is 0 Å². The molecule has 6 aromatic rings. The summed E-state index contributed by atoms with van der Waals surface area (Å²) in [7, 11) is 3.43. The first-order chi connectivity index (χ1) is 22.1. The second kappa shape index (κ2) is 11.0. The van der Waals surface area contributed by atoms with Gasteiger partial charge in [-0.05, 0) is 48.8 Å². The highest BCUT2D eigenvalue weighted by Gasteiger charge is 2.36. The second-order valence-electron chi connectivity index (χ2n) is 11.6. The SMILES string of the molecule is COc1c(Oc2cnn3ccncc23)cnc2nc(Nc3cc(C4CC4)cn([C@@H]4CC[C@H]4OCc4ccccc4)c3=O)n(C)c12. The molecule has 0 unspecified atom stereocenters. The lowest BCUT2D eigenvalue weighted by atomic mass is 9.88. The fraction of sp³-hybridized carbons (Fsp3) is 0.303. The molecule has 5 aromatic heterocycles. The van der Waals surface area contributed by atoms with Crippen LogP contribution in [0.4, 0.5) is 11.6 Å². The third-order valence-corrected chi connectivity index (χ3v) is 8.73. The first-order valence-corrected chi connectivity index (χ1v) is 15.1. The molecular formula is C33H32N8O4. The molecule has 2 saturated carbocycles. The number of methoxy groups -OCH3 is 1. The molecular weight excluding hydrogens is 572 g/mol. The van der Waals surface area contributed by atoms with E-state index in [4.69, 9.17) is 19.2 Å². The Bertz CT molecular complexity index is 2080. The maximum atomic E-state index is 13.9. The molecule has 0 radical (unpaired) electrons. The summed E-state index contributed by atoms with van der Waals surface area (Å²) >= 11 is 0. The lowest BCUT2D eigenvalue weighted by Gasteiger charge is -2.38. The molecule has 1 aromatic carbocycles. The number of aromatic nitrogens is 7. The minimum absolute atomic E-state index is 0.0162. The summed E-state index contributed by atoms with van der Waals surface area (Å²) in [6, 6.07) is 12.1. The van der Waals surface area contributed by atoms with Crippen LogP contribution in [-0.4, -0.2) is 46.9 Å². The number of imidazole rings is 1. The summed E-state index contributed by atoms with van der Waals surface area (Å²) in [5.41, 5.74) is 4.43. The fourth-order valence-electron chi connectivity index (χ4n) is 5.98. The molecule has 0 aliphatic heterocycles. The lowest BCUT2D eigenvalue weighted by molar-refractivity contribution is -0.0503. The van der Waals surface area contributed by atoms with Gasteiger partial charge in [0.2, 0.25) is 5.95 Å². The van der Waals surface area contributed by atoms with Gasteiger partial charge in [-0.25, -0.2) is 9.50 Å². The number of pyridine rings is 2. The highest BCUT2D eigenvalue weighted by atomic mass is 16.5. The smallest absolute Gasteiger partial charge is 0.274 e. The van der Waals surface area contributed by atoms with E-state index in [1.54, 1.807) is 42.6 Å². The Morgan fingerprint density at radius 2 is 1.91 bits per heavy atom. The fourth-order valence-corrected chi connectivity index (χ4v) is 5.98. The van der Waals surface area contributed by atoms with Crippen molar-refractivity contribution >= 4 is 28.3 Å². The van der Waals surface area contributed by atoms with Crippen molar-refractivity contribution in [3.63, 3.8) is 0 Å². The van der Waals surface area contributed by atoms with Gasteiger partial charge in [0.15, 0.2) is 22.9 Å². The van der Waals surface area contributed by atoms with Crippen LogP contribution >= 0.6 is 0 Å². The number of anilines is 2. The van der Waals surface area contributed by atoms with E-state index in [0.29, 0.717) is 58.1 Å². The topological polar surface area (TPSA) is 123 Å². The van der Waals surface area contributed by atoms with E-state index >= 15 is 0 Å². The molecule has 2 aliphatic rings. The molecule has 12 heteroatoms. The van der Waals surface area contributed by atoms with Gasteiger partial charge in [0.25, 0.3) is 5.56 Å². The van der Waals surface area contributed by atoms with Gasteiger partial charge in [-0.2, -0.15) is 10.1 Å². The molecule has 12 nitrogen and oxygen atoms in total. The van der Waals surface area contributed by atoms with Crippen molar-refractivity contribution < 1.29 is 14.2 Å². The Labute approximate surface area is 258 Å². The van der Waals surface area contributed by atoms with Crippen LogP contribution in [0.25, 0.3) is 16.7 Å². The zero-order valence-electron chi connectivity index (χ0n) is 25.0. The van der Waals surface area contributed by atoms with Crippen LogP contribution in [0.5, 0.6) is 17.2 Å². The molecule has 0 amide bonds. The van der Waals surface area contributed by atoms with E-state index in [-0.39, 0.29) is 17.7 Å². The zero-order chi connectivity index (χ0) is 30.5. The van der Waals surface area contributed by atoms with Gasteiger partial charge in [0.05, 0.1) is 44.5 Å². The van der Waals surface area contributed by atoms with E-state index in [9.17, 15) is 4.79 Å². The first-order valence-electron chi connectivity index (χ1n) is 15.1. The Kier molecular flexibility index (Phi) is 6.71. The average molecular weight is 605 g/mol. The van der Waals surface area contributed by atoms with Gasteiger partial charge < -0.3 is 28.7 Å². The van der Waals surface area contributed by atoms with Crippen LogP contribution in [0.15, 0.2) is 78.4 Å². The highest BCUT2D eigenvalue weighted by Crippen LogP contribution is 2.43. The van der Waals surface area contributed by atoms with Gasteiger partial charge in [-0.1, -0.05) is 30.3 Å². The second-order valence-corrected chi connectivity index (χ2v) is 11.6. The predicted octanol–water partition coefficient (Wildman–Crippen LogP) is 5.51. The summed E-state index contributed by atoms with van der Waals surface area (Å²) in [6.07, 6.45) is 14.3. The Morgan fingerprint density at radius 3 is 2.69 bits per heavy atom. The Hall–Kier alpha value is -5.23. The minimum Gasteiger partial charge on any atom is -0.491 e. The molecule has 0 saturated heterocycles. The first kappa shape index (κ1) is 27.3. The summed E-state index contributed by atoms with van der Waals surface area (Å²) in [6.45, 7) is 0.527. The van der Waals surface area contributed by atoms with Crippen molar-refractivity contribution in [2.75, 3.05) is 12.4 Å². The molecule has 5 heterocycles. The summed E-state index contributed by atoms with van der Waals surface area (Å²) in [4.78, 5) is 27.4. The van der Waals surface area contributed by atoms with Crippen LogP contribution in [0.2, 0.25) is 0 Å². The number of ether oxygens (including phenoxy) is 3. The predicted molar refractivity (Wildman–Crippen MR) is 167 cm³/mol. The Morgan fingerprint density at radius 1 is 1.04 bits per heavy atom. The van der Waals surface area contributed by atoms with E-state index in [2.05, 4.69) is 32.5 Å². The van der Waals surface area contributed by atoms with Crippen molar-refractivity contribution in [3.05, 3.63) is 95.1 Å². The number of benzene rings is 1. The minimum atomic E-state index is -0.102. The van der Waals surface area contributed by atoms with Crippen molar-refractivity contribution in [1.82, 2.24) is 33.7 Å². The number of nitrogens with zero attached hydrogens (tertiary/aromatic N) is 7. The molecule has 2 fully saturated rings. The van der Waals surface area contributed by atoms with E-state index in [1.807, 2.05) is 46.6 Å². The number of nitrogens with one attached hydrogen (secondary N) is 1. The average Bonchev–Trinajstić information content (AvgIpc) is 3.76. The third-order valence-electron chi connectivity index (χ3n) is 8.73. The zero-order valence-corrected chi connectivity index (χ0v) is 25.0. The monoisotopic (exact) mass is 604 g/mol. The van der Waals surface area contributed by atoms with Gasteiger partial charge in [0.1, 0.15) is 16.7 Å². The van der Waals surface area contributed by atoms with E-state index in [1.165, 1.54) is 0 Å². The molecule has 2 atom stereocenters. The lowest BCUT2D eigenvalue weighted by Crippen LogP contribution is -2.41. The van der Waals surface area contributed by atoms with Crippen molar-refractivity contribution in [1.29, 1.82) is 0 Å². The number of rotatable bonds is 10. The number of aryl methyl sites for hydroxylation is 1. The van der Waals surface area contributed by atoms with Crippen molar-refractivity contribution in [2.24, 2.45) is 7.05 Å². The quantitative estimate of drug-likeness (QED) is 0.215. The maximum Gasteiger partial charge on any atom is 0.274 e. The molecule has 45 heavy (non-hydrogen) atoms. The number of hydrogen-bond donors (Lipinski definition) is 1. The van der Waals surface area contributed by atoms with Gasteiger partial charge in [0, 0.05) is 25.6 Å². The highest BCUT2D eigenvalue weighted by molar-refractivity contribution is 5.85. The summed E-state index contributed by atoms with van der Waals surface area (Å²) in [5.74, 6) is 2.31. The van der Waals surface area contributed by atoms with E-state index in [0.717, 1.165) is 36.8 Å². The number of fused-ring (bicyclic) bond motifs is 2. The van der Waals surface area contributed by atoms with Gasteiger partial charge in [-0.3, -0.25) is 9.78 Å². The molecule has 228 valence electrons. The van der Waals surface area contributed by atoms with Crippen LogP contribution in [-0.2, 0) is 18.4 Å². The van der Waals surface area contributed by atoms with Crippen LogP contribution in [0.3, 0.4) is 0 Å². The van der Waals surface area contributed by atoms with Crippen LogP contribution in [0.1, 0.15) is 48.8 Å². The van der Waals surface area contributed by atoms with Gasteiger partial charge >= 0.3 is 0 Å². The van der Waals surface area contributed by atoms with Crippen molar-refractivity contribution in [3.8, 4) is 17.2 Å². The standard InChI is InChI=1S/C33H32N8O4/c1-39-29-30(43-2)28(45-27-17-36-41-13-12-34-15-25(27)41)16-35-31(29)38-33(39)37-23-14-22(21-8-9-21)18-40(32(23)42)24-10-11-26(24)44-19-20-6-4-3-5-7-20/h3-7,12-18,21,24,26H,8-11,19H2,1-2H3,(H,35,37,38)/t24-,26-/m1/s1. The molecule has 0 bridgehead atoms. The van der Waals surface area contributed by atoms with Crippen LogP contribution < -0.4 is 20.3 Å². The molecule has 8 rings (SSSR count). The number of hydrogen-bond acceptors (Lipinski definition) is 9. The van der Waals surface area contributed by atoms with E-state index < -0.39 is 0 Å². The molecule has 0 spiro atoms.